The number of anilines is 1. The van der Waals surface area contributed by atoms with E-state index in [1.165, 1.54) is 11.1 Å². The molecule has 0 bridgehead atoms. The van der Waals surface area contributed by atoms with E-state index >= 15 is 0 Å². The van der Waals surface area contributed by atoms with Crippen molar-refractivity contribution < 1.29 is 0 Å². The summed E-state index contributed by atoms with van der Waals surface area (Å²) in [5, 5.41) is 3.18. The van der Waals surface area contributed by atoms with Crippen LogP contribution in [0.2, 0.25) is 0 Å². The topological polar surface area (TPSA) is 37.8 Å². The number of nitrogens with one attached hydrogen (secondary N) is 1. The number of halogens is 1. The maximum Gasteiger partial charge on any atom is 0.144 e. The van der Waals surface area contributed by atoms with Crippen molar-refractivity contribution in [2.24, 2.45) is 0 Å². The molecule has 3 nitrogen and oxygen atoms in total. The first-order valence-corrected chi connectivity index (χ1v) is 8.35. The summed E-state index contributed by atoms with van der Waals surface area (Å²) in [5.41, 5.74) is 3.94. The van der Waals surface area contributed by atoms with E-state index in [1.807, 2.05) is 7.05 Å². The Labute approximate surface area is 134 Å². The van der Waals surface area contributed by atoms with Crippen molar-refractivity contribution in [3.63, 3.8) is 0 Å². The summed E-state index contributed by atoms with van der Waals surface area (Å²) in [5.74, 6) is 2.18. The molecule has 110 valence electrons. The predicted molar refractivity (Wildman–Crippen MR) is 89.9 cm³/mol. The van der Waals surface area contributed by atoms with Crippen molar-refractivity contribution in [2.75, 3.05) is 12.4 Å². The van der Waals surface area contributed by atoms with E-state index < -0.39 is 0 Å². The Hall–Kier alpha value is -1.42. The van der Waals surface area contributed by atoms with Gasteiger partial charge in [-0.2, -0.15) is 0 Å². The highest BCUT2D eigenvalue weighted by Gasteiger charge is 2.27. The number of benzene rings is 1. The van der Waals surface area contributed by atoms with Gasteiger partial charge in [0.15, 0.2) is 0 Å². The van der Waals surface area contributed by atoms with Crippen molar-refractivity contribution in [3.8, 4) is 0 Å². The summed E-state index contributed by atoms with van der Waals surface area (Å²) in [4.78, 5) is 9.60. The normalized spacial score (nSPS) is 16.8. The molecule has 0 amide bonds. The second-order valence-corrected chi connectivity index (χ2v) is 6.27. The van der Waals surface area contributed by atoms with E-state index in [1.54, 1.807) is 0 Å². The van der Waals surface area contributed by atoms with Gasteiger partial charge in [0.05, 0.1) is 10.2 Å². The van der Waals surface area contributed by atoms with Gasteiger partial charge in [-0.15, -0.1) is 0 Å². The number of hydrogen-bond donors (Lipinski definition) is 1. The predicted octanol–water partition coefficient (Wildman–Crippen LogP) is 4.31. The third-order valence-corrected chi connectivity index (χ3v) is 4.94. The van der Waals surface area contributed by atoms with Crippen molar-refractivity contribution in [1.29, 1.82) is 0 Å². The minimum absolute atomic E-state index is 0.331. The molecule has 4 heteroatoms. The van der Waals surface area contributed by atoms with Crippen LogP contribution in [0, 0.1) is 0 Å². The fraction of sp³-hybridized carbons (Fsp3) is 0.412. The fourth-order valence-corrected chi connectivity index (χ4v) is 3.64. The molecule has 1 aliphatic rings. The van der Waals surface area contributed by atoms with E-state index in [-0.39, 0.29) is 0 Å². The summed E-state index contributed by atoms with van der Waals surface area (Å²) in [7, 11) is 1.91. The zero-order chi connectivity index (χ0) is 14.8. The number of nitrogens with zero attached hydrogens (tertiary/aromatic N) is 2. The molecule has 1 heterocycles. The van der Waals surface area contributed by atoms with Gasteiger partial charge >= 0.3 is 0 Å². The SMILES string of the molecule is CCCc1nc(C2CCc3ccccc32)nc(NC)c1Br. The molecule has 1 aromatic carbocycles. The Kier molecular flexibility index (Phi) is 4.24. The summed E-state index contributed by atoms with van der Waals surface area (Å²) in [6, 6.07) is 8.67. The molecule has 0 saturated heterocycles. The summed E-state index contributed by atoms with van der Waals surface area (Å²) in [6.45, 7) is 2.18. The molecule has 2 aromatic rings. The molecule has 0 spiro atoms. The minimum Gasteiger partial charge on any atom is -0.372 e. The summed E-state index contributed by atoms with van der Waals surface area (Å²) >= 11 is 3.63. The van der Waals surface area contributed by atoms with E-state index in [0.29, 0.717) is 5.92 Å². The van der Waals surface area contributed by atoms with Gasteiger partial charge < -0.3 is 5.32 Å². The monoisotopic (exact) mass is 345 g/mol. The van der Waals surface area contributed by atoms with Crippen LogP contribution in [-0.4, -0.2) is 17.0 Å². The molecule has 1 N–H and O–H groups in total. The summed E-state index contributed by atoms with van der Waals surface area (Å²) < 4.78 is 1.00. The average molecular weight is 346 g/mol. The van der Waals surface area contributed by atoms with Crippen LogP contribution >= 0.6 is 15.9 Å². The largest absolute Gasteiger partial charge is 0.372 e. The average Bonchev–Trinajstić information content (AvgIpc) is 2.93. The number of fused-ring (bicyclic) bond motifs is 1. The third kappa shape index (κ3) is 2.69. The molecule has 0 fully saturated rings. The number of rotatable bonds is 4. The van der Waals surface area contributed by atoms with Crippen LogP contribution in [0.25, 0.3) is 0 Å². The van der Waals surface area contributed by atoms with E-state index in [2.05, 4.69) is 52.4 Å². The van der Waals surface area contributed by atoms with E-state index in [9.17, 15) is 0 Å². The van der Waals surface area contributed by atoms with Crippen LogP contribution in [0.1, 0.15) is 48.3 Å². The lowest BCUT2D eigenvalue weighted by atomic mass is 10.0. The van der Waals surface area contributed by atoms with Gasteiger partial charge in [0.25, 0.3) is 0 Å². The lowest BCUT2D eigenvalue weighted by Gasteiger charge is -2.15. The minimum atomic E-state index is 0.331. The van der Waals surface area contributed by atoms with Crippen molar-refractivity contribution >= 4 is 21.7 Å². The molecule has 1 aromatic heterocycles. The van der Waals surface area contributed by atoms with Gasteiger partial charge in [-0.05, 0) is 46.3 Å². The number of hydrogen-bond acceptors (Lipinski definition) is 3. The zero-order valence-electron chi connectivity index (χ0n) is 12.5. The smallest absolute Gasteiger partial charge is 0.144 e. The first kappa shape index (κ1) is 14.5. The first-order chi connectivity index (χ1) is 10.2. The van der Waals surface area contributed by atoms with Gasteiger partial charge in [0.2, 0.25) is 0 Å². The molecule has 1 unspecified atom stereocenters. The van der Waals surface area contributed by atoms with Gasteiger partial charge in [0, 0.05) is 13.0 Å². The lowest BCUT2D eigenvalue weighted by molar-refractivity contribution is 0.713. The molecular weight excluding hydrogens is 326 g/mol. The van der Waals surface area contributed by atoms with Crippen LogP contribution in [0.5, 0.6) is 0 Å². The van der Waals surface area contributed by atoms with Crippen molar-refractivity contribution in [3.05, 3.63) is 51.4 Å². The summed E-state index contributed by atoms with van der Waals surface area (Å²) in [6.07, 6.45) is 4.28. The van der Waals surface area contributed by atoms with Crippen LogP contribution in [0.15, 0.2) is 28.7 Å². The zero-order valence-corrected chi connectivity index (χ0v) is 14.1. The Morgan fingerprint density at radius 1 is 1.29 bits per heavy atom. The third-order valence-electron chi connectivity index (χ3n) is 4.11. The molecule has 3 rings (SSSR count). The highest BCUT2D eigenvalue weighted by molar-refractivity contribution is 9.10. The van der Waals surface area contributed by atoms with E-state index in [0.717, 1.165) is 47.5 Å². The Balaban J connectivity index is 2.05. The molecule has 1 aliphatic carbocycles. The highest BCUT2D eigenvalue weighted by Crippen LogP contribution is 2.38. The van der Waals surface area contributed by atoms with E-state index in [4.69, 9.17) is 9.97 Å². The molecule has 0 radical (unpaired) electrons. The second-order valence-electron chi connectivity index (χ2n) is 5.48. The molecule has 1 atom stereocenters. The Morgan fingerprint density at radius 2 is 2.10 bits per heavy atom. The van der Waals surface area contributed by atoms with Crippen LogP contribution in [-0.2, 0) is 12.8 Å². The molecular formula is C17H20BrN3. The standard InChI is InChI=1S/C17H20BrN3/c1-3-6-14-15(18)17(19-2)21-16(20-14)13-10-9-11-7-4-5-8-12(11)13/h4-5,7-8,13H,3,6,9-10H2,1-2H3,(H,19,20,21). The maximum absolute atomic E-state index is 4.85. The maximum atomic E-state index is 4.85. The highest BCUT2D eigenvalue weighted by atomic mass is 79.9. The van der Waals surface area contributed by atoms with Crippen LogP contribution in [0.4, 0.5) is 5.82 Å². The molecule has 0 saturated carbocycles. The Morgan fingerprint density at radius 3 is 2.86 bits per heavy atom. The van der Waals surface area contributed by atoms with Crippen molar-refractivity contribution in [1.82, 2.24) is 9.97 Å². The lowest BCUT2D eigenvalue weighted by Crippen LogP contribution is -2.09. The number of aryl methyl sites for hydroxylation is 2. The second kappa shape index (κ2) is 6.14. The molecule has 21 heavy (non-hydrogen) atoms. The fourth-order valence-electron chi connectivity index (χ4n) is 3.06. The number of aromatic nitrogens is 2. The van der Waals surface area contributed by atoms with Crippen LogP contribution in [0.3, 0.4) is 0 Å². The molecule has 0 aliphatic heterocycles. The van der Waals surface area contributed by atoms with Crippen molar-refractivity contribution in [2.45, 2.75) is 38.5 Å². The Bertz CT molecular complexity index is 654. The van der Waals surface area contributed by atoms with Gasteiger partial charge in [-0.1, -0.05) is 37.6 Å². The quantitative estimate of drug-likeness (QED) is 0.896. The van der Waals surface area contributed by atoms with Gasteiger partial charge in [-0.25, -0.2) is 9.97 Å². The first-order valence-electron chi connectivity index (χ1n) is 7.56. The van der Waals surface area contributed by atoms with Gasteiger partial charge in [0.1, 0.15) is 11.6 Å². The van der Waals surface area contributed by atoms with Crippen LogP contribution < -0.4 is 5.32 Å². The van der Waals surface area contributed by atoms with Gasteiger partial charge in [-0.3, -0.25) is 0 Å².